The summed E-state index contributed by atoms with van der Waals surface area (Å²) in [5.74, 6) is 0.284. The molecule has 1 N–H and O–H groups in total. The van der Waals surface area contributed by atoms with Crippen molar-refractivity contribution in [1.29, 1.82) is 0 Å². The zero-order valence-corrected chi connectivity index (χ0v) is 14.3. The molecule has 0 aliphatic rings. The Morgan fingerprint density at radius 2 is 1.83 bits per heavy atom. The summed E-state index contributed by atoms with van der Waals surface area (Å²) in [5.41, 5.74) is 1.07. The van der Waals surface area contributed by atoms with Crippen molar-refractivity contribution in [2.24, 2.45) is 0 Å². The Balaban J connectivity index is 2.38. The quantitative estimate of drug-likeness (QED) is 0.853. The lowest BCUT2D eigenvalue weighted by Crippen LogP contribution is -2.25. The van der Waals surface area contributed by atoms with Crippen LogP contribution >= 0.6 is 0 Å². The third kappa shape index (κ3) is 4.77. The van der Waals surface area contributed by atoms with Crippen molar-refractivity contribution in [2.75, 3.05) is 5.32 Å². The molecule has 0 aliphatic heterocycles. The zero-order valence-electron chi connectivity index (χ0n) is 14.3. The molecule has 1 aromatic carbocycles. The van der Waals surface area contributed by atoms with Gasteiger partial charge in [-0.15, -0.1) is 0 Å². The van der Waals surface area contributed by atoms with E-state index in [1.165, 1.54) is 0 Å². The minimum Gasteiger partial charge on any atom is -0.455 e. The lowest BCUT2D eigenvalue weighted by atomic mass is 10.2. The normalized spacial score (nSPS) is 11.4. The van der Waals surface area contributed by atoms with E-state index < -0.39 is 11.6 Å². The number of rotatable bonds is 4. The van der Waals surface area contributed by atoms with Gasteiger partial charge in [0.25, 0.3) is 0 Å². The summed E-state index contributed by atoms with van der Waals surface area (Å²) in [6.07, 6.45) is 1.63. The monoisotopic (exact) mass is 313 g/mol. The van der Waals surface area contributed by atoms with E-state index in [4.69, 9.17) is 4.74 Å². The molecule has 0 atom stereocenters. The Kier molecular flexibility index (Phi) is 4.98. The fourth-order valence-electron chi connectivity index (χ4n) is 1.92. The summed E-state index contributed by atoms with van der Waals surface area (Å²) >= 11 is 0. The highest BCUT2D eigenvalue weighted by Gasteiger charge is 2.23. The molecule has 0 spiro atoms. The molecule has 0 amide bonds. The van der Waals surface area contributed by atoms with Crippen LogP contribution in [0.3, 0.4) is 0 Å². The molecule has 5 nitrogen and oxygen atoms in total. The maximum atomic E-state index is 12.5. The molecule has 23 heavy (non-hydrogen) atoms. The number of carbonyl (C=O) groups is 1. The van der Waals surface area contributed by atoms with Gasteiger partial charge in [0, 0.05) is 11.6 Å². The van der Waals surface area contributed by atoms with Crippen LogP contribution in [0.5, 0.6) is 0 Å². The molecule has 122 valence electrons. The number of hydrogen-bond donors (Lipinski definition) is 1. The highest BCUT2D eigenvalue weighted by molar-refractivity contribution is 5.94. The van der Waals surface area contributed by atoms with E-state index in [-0.39, 0.29) is 11.6 Å². The fraction of sp³-hybridized carbons (Fsp3) is 0.389. The molecule has 0 radical (unpaired) electrons. The highest BCUT2D eigenvalue weighted by atomic mass is 16.6. The lowest BCUT2D eigenvalue weighted by molar-refractivity contribution is 0.00636. The molecule has 1 heterocycles. The van der Waals surface area contributed by atoms with E-state index in [0.717, 1.165) is 5.69 Å². The number of esters is 1. The number of nitrogens with zero attached hydrogens (tertiary/aromatic N) is 2. The number of aromatic nitrogens is 2. The van der Waals surface area contributed by atoms with Crippen molar-refractivity contribution in [3.05, 3.63) is 48.0 Å². The summed E-state index contributed by atoms with van der Waals surface area (Å²) in [4.78, 5) is 21.2. The van der Waals surface area contributed by atoms with Crippen molar-refractivity contribution >= 4 is 17.3 Å². The topological polar surface area (TPSA) is 64.1 Å². The average Bonchev–Trinajstić information content (AvgIpc) is 2.46. The Morgan fingerprint density at radius 3 is 2.39 bits per heavy atom. The smallest absolute Gasteiger partial charge is 0.359 e. The number of benzene rings is 1. The van der Waals surface area contributed by atoms with Gasteiger partial charge in [-0.3, -0.25) is 0 Å². The largest absolute Gasteiger partial charge is 0.455 e. The Bertz CT molecular complexity index is 676. The summed E-state index contributed by atoms with van der Waals surface area (Å²) in [6.45, 7) is 9.47. The second-order valence-corrected chi connectivity index (χ2v) is 6.64. The highest BCUT2D eigenvalue weighted by Crippen LogP contribution is 2.23. The minimum atomic E-state index is -0.579. The van der Waals surface area contributed by atoms with Crippen LogP contribution in [-0.2, 0) is 4.74 Å². The van der Waals surface area contributed by atoms with Crippen LogP contribution in [0.2, 0.25) is 0 Å². The molecule has 0 unspecified atom stereocenters. The Labute approximate surface area is 137 Å². The number of para-hydroxylation sites is 1. The van der Waals surface area contributed by atoms with Crippen molar-refractivity contribution < 1.29 is 9.53 Å². The van der Waals surface area contributed by atoms with Gasteiger partial charge in [0.05, 0.1) is 11.9 Å². The van der Waals surface area contributed by atoms with Gasteiger partial charge in [-0.05, 0) is 32.9 Å². The second-order valence-electron chi connectivity index (χ2n) is 6.64. The average molecular weight is 313 g/mol. The molecular weight excluding hydrogens is 290 g/mol. The maximum Gasteiger partial charge on any atom is 0.359 e. The number of anilines is 2. The molecule has 2 rings (SSSR count). The SMILES string of the molecule is CC(C)c1ncc(Nc2ccccc2)c(C(=O)OC(C)(C)C)n1. The molecule has 5 heteroatoms. The molecule has 0 saturated heterocycles. The number of carbonyl (C=O) groups excluding carboxylic acids is 1. The van der Waals surface area contributed by atoms with Gasteiger partial charge in [-0.25, -0.2) is 14.8 Å². The van der Waals surface area contributed by atoms with Gasteiger partial charge in [-0.1, -0.05) is 32.0 Å². The Morgan fingerprint density at radius 1 is 1.17 bits per heavy atom. The molecular formula is C18H23N3O2. The van der Waals surface area contributed by atoms with Gasteiger partial charge >= 0.3 is 5.97 Å². The summed E-state index contributed by atoms with van der Waals surface area (Å²) in [5, 5.41) is 3.18. The van der Waals surface area contributed by atoms with Gasteiger partial charge in [0.1, 0.15) is 11.4 Å². The van der Waals surface area contributed by atoms with Crippen LogP contribution in [0.4, 0.5) is 11.4 Å². The first kappa shape index (κ1) is 16.9. The summed E-state index contributed by atoms with van der Waals surface area (Å²) < 4.78 is 5.47. The van der Waals surface area contributed by atoms with Gasteiger partial charge in [0.15, 0.2) is 5.69 Å². The van der Waals surface area contributed by atoms with E-state index >= 15 is 0 Å². The van der Waals surface area contributed by atoms with E-state index in [2.05, 4.69) is 15.3 Å². The van der Waals surface area contributed by atoms with Gasteiger partial charge in [-0.2, -0.15) is 0 Å². The van der Waals surface area contributed by atoms with E-state index in [0.29, 0.717) is 11.5 Å². The molecule has 0 saturated carbocycles. The first-order valence-corrected chi connectivity index (χ1v) is 7.68. The molecule has 0 aliphatic carbocycles. The number of ether oxygens (including phenoxy) is 1. The zero-order chi connectivity index (χ0) is 17.0. The van der Waals surface area contributed by atoms with Crippen LogP contribution in [-0.4, -0.2) is 21.5 Å². The Hall–Kier alpha value is -2.43. The standard InChI is InChI=1S/C18H23N3O2/c1-12(2)16-19-11-14(20-13-9-7-6-8-10-13)15(21-16)17(22)23-18(3,4)5/h6-12,20H,1-5H3. The molecule has 0 bridgehead atoms. The van der Waals surface area contributed by atoms with Gasteiger partial charge < -0.3 is 10.1 Å². The second kappa shape index (κ2) is 6.77. The third-order valence-electron chi connectivity index (χ3n) is 2.97. The summed E-state index contributed by atoms with van der Waals surface area (Å²) in [7, 11) is 0. The predicted octanol–water partition coefficient (Wildman–Crippen LogP) is 4.30. The maximum absolute atomic E-state index is 12.5. The minimum absolute atomic E-state index is 0.127. The van der Waals surface area contributed by atoms with E-state index in [1.54, 1.807) is 6.20 Å². The molecule has 0 fully saturated rings. The van der Waals surface area contributed by atoms with Crippen LogP contribution in [0, 0.1) is 0 Å². The predicted molar refractivity (Wildman–Crippen MR) is 91.0 cm³/mol. The summed E-state index contributed by atoms with van der Waals surface area (Å²) in [6, 6.07) is 9.58. The molecule has 2 aromatic rings. The lowest BCUT2D eigenvalue weighted by Gasteiger charge is -2.20. The van der Waals surface area contributed by atoms with Crippen molar-refractivity contribution in [1.82, 2.24) is 9.97 Å². The van der Waals surface area contributed by atoms with Gasteiger partial charge in [0.2, 0.25) is 0 Å². The van der Waals surface area contributed by atoms with Crippen molar-refractivity contribution in [2.45, 2.75) is 46.1 Å². The number of hydrogen-bond acceptors (Lipinski definition) is 5. The number of nitrogens with one attached hydrogen (secondary N) is 1. The van der Waals surface area contributed by atoms with Crippen molar-refractivity contribution in [3.8, 4) is 0 Å². The first-order valence-electron chi connectivity index (χ1n) is 7.68. The van der Waals surface area contributed by atoms with Crippen LogP contribution in [0.25, 0.3) is 0 Å². The van der Waals surface area contributed by atoms with E-state index in [1.807, 2.05) is 65.0 Å². The third-order valence-corrected chi connectivity index (χ3v) is 2.97. The molecule has 1 aromatic heterocycles. The fourth-order valence-corrected chi connectivity index (χ4v) is 1.92. The van der Waals surface area contributed by atoms with Crippen LogP contribution in [0.15, 0.2) is 36.5 Å². The van der Waals surface area contributed by atoms with Crippen LogP contribution < -0.4 is 5.32 Å². The van der Waals surface area contributed by atoms with E-state index in [9.17, 15) is 4.79 Å². The van der Waals surface area contributed by atoms with Crippen molar-refractivity contribution in [3.63, 3.8) is 0 Å². The van der Waals surface area contributed by atoms with Crippen LogP contribution in [0.1, 0.15) is 56.8 Å². The first-order chi connectivity index (χ1) is 10.8.